The molecule has 3 saturated carbocycles. The van der Waals surface area contributed by atoms with Crippen LogP contribution in [0.3, 0.4) is 0 Å². The molecule has 1 aromatic carbocycles. The summed E-state index contributed by atoms with van der Waals surface area (Å²) in [7, 11) is 0. The van der Waals surface area contributed by atoms with Gasteiger partial charge in [-0.1, -0.05) is 39.0 Å². The fourth-order valence-corrected chi connectivity index (χ4v) is 4.18. The van der Waals surface area contributed by atoms with E-state index in [9.17, 15) is 4.79 Å². The van der Waals surface area contributed by atoms with Gasteiger partial charge in [-0.15, -0.1) is 0 Å². The van der Waals surface area contributed by atoms with Crippen molar-refractivity contribution in [2.45, 2.75) is 39.7 Å². The summed E-state index contributed by atoms with van der Waals surface area (Å²) in [5.41, 5.74) is 1.25. The van der Waals surface area contributed by atoms with E-state index in [2.05, 4.69) is 26.1 Å². The van der Waals surface area contributed by atoms with Crippen molar-refractivity contribution in [1.29, 1.82) is 0 Å². The first kappa shape index (κ1) is 12.7. The Balaban J connectivity index is 1.68. The molecule has 1 aromatic rings. The summed E-state index contributed by atoms with van der Waals surface area (Å²) in [6.07, 6.45) is 2.50. The Bertz CT molecular complexity index is 479. The van der Waals surface area contributed by atoms with E-state index in [1.54, 1.807) is 0 Å². The van der Waals surface area contributed by atoms with Gasteiger partial charge in [0, 0.05) is 11.6 Å². The van der Waals surface area contributed by atoms with Gasteiger partial charge < -0.3 is 5.32 Å². The Morgan fingerprint density at radius 3 is 2.47 bits per heavy atom. The van der Waals surface area contributed by atoms with Gasteiger partial charge in [0.15, 0.2) is 0 Å². The van der Waals surface area contributed by atoms with Crippen molar-refractivity contribution in [2.75, 3.05) is 0 Å². The zero-order valence-corrected chi connectivity index (χ0v) is 12.0. The lowest BCUT2D eigenvalue weighted by Gasteiger charge is -2.62. The van der Waals surface area contributed by atoms with E-state index in [0.29, 0.717) is 17.4 Å². The topological polar surface area (TPSA) is 29.1 Å². The molecule has 19 heavy (non-hydrogen) atoms. The third-order valence-electron chi connectivity index (χ3n) is 5.71. The van der Waals surface area contributed by atoms with Crippen molar-refractivity contribution in [3.05, 3.63) is 35.9 Å². The number of carbonyl (C=O) groups excluding carboxylic acids is 1. The zero-order valence-electron chi connectivity index (χ0n) is 12.0. The van der Waals surface area contributed by atoms with E-state index in [0.717, 1.165) is 23.8 Å². The molecule has 102 valence electrons. The Hall–Kier alpha value is -1.31. The number of hydrogen-bond acceptors (Lipinski definition) is 1. The highest BCUT2D eigenvalue weighted by Gasteiger charge is 2.56. The molecule has 0 unspecified atom stereocenters. The van der Waals surface area contributed by atoms with Crippen molar-refractivity contribution < 1.29 is 4.79 Å². The van der Waals surface area contributed by atoms with Crippen molar-refractivity contribution in [2.24, 2.45) is 23.2 Å². The second-order valence-electron chi connectivity index (χ2n) is 6.90. The van der Waals surface area contributed by atoms with E-state index < -0.39 is 0 Å². The van der Waals surface area contributed by atoms with Crippen LogP contribution in [0.15, 0.2) is 30.3 Å². The molecular formula is C17H23NO. The van der Waals surface area contributed by atoms with Crippen LogP contribution in [-0.2, 0) is 0 Å². The Labute approximate surface area is 115 Å². The molecule has 0 radical (unpaired) electrons. The third-order valence-corrected chi connectivity index (χ3v) is 5.71. The zero-order chi connectivity index (χ0) is 13.6. The molecule has 3 aliphatic carbocycles. The summed E-state index contributed by atoms with van der Waals surface area (Å²) in [5, 5.41) is 3.24. The Kier molecular flexibility index (Phi) is 2.92. The standard InChI is InChI=1S/C17H23NO/c1-11-14-9-13(17(14,2)3)10-15(11)18-16(19)12-7-5-4-6-8-12/h4-8,11,13-15H,9-10H2,1-3H3,(H,18,19)/t11-,13+,14-,15-/m0/s1. The van der Waals surface area contributed by atoms with Gasteiger partial charge in [-0.05, 0) is 48.1 Å². The van der Waals surface area contributed by atoms with Gasteiger partial charge in [0.25, 0.3) is 5.91 Å². The maximum atomic E-state index is 12.2. The molecule has 2 nitrogen and oxygen atoms in total. The first-order chi connectivity index (χ1) is 9.00. The van der Waals surface area contributed by atoms with E-state index in [1.165, 1.54) is 6.42 Å². The van der Waals surface area contributed by atoms with E-state index >= 15 is 0 Å². The number of fused-ring (bicyclic) bond motifs is 2. The number of nitrogens with one attached hydrogen (secondary N) is 1. The van der Waals surface area contributed by atoms with Gasteiger partial charge in [0.05, 0.1) is 0 Å². The summed E-state index contributed by atoms with van der Waals surface area (Å²) in [6.45, 7) is 7.08. The Morgan fingerprint density at radius 1 is 1.21 bits per heavy atom. The molecule has 0 heterocycles. The lowest BCUT2D eigenvalue weighted by molar-refractivity contribution is -0.113. The molecule has 4 rings (SSSR count). The number of rotatable bonds is 2. The highest BCUT2D eigenvalue weighted by Crippen LogP contribution is 2.61. The van der Waals surface area contributed by atoms with Crippen LogP contribution in [0.4, 0.5) is 0 Å². The maximum absolute atomic E-state index is 12.2. The molecule has 1 N–H and O–H groups in total. The molecule has 1 amide bonds. The van der Waals surface area contributed by atoms with Gasteiger partial charge >= 0.3 is 0 Å². The SMILES string of the molecule is C[C@@H]1[C@@H](NC(=O)c2ccccc2)C[C@H]2C[C@@H]1C2(C)C. The van der Waals surface area contributed by atoms with Crippen molar-refractivity contribution in [3.8, 4) is 0 Å². The summed E-state index contributed by atoms with van der Waals surface area (Å²) >= 11 is 0. The van der Waals surface area contributed by atoms with Gasteiger partial charge in [0.1, 0.15) is 0 Å². The smallest absolute Gasteiger partial charge is 0.251 e. The minimum Gasteiger partial charge on any atom is -0.349 e. The number of amides is 1. The maximum Gasteiger partial charge on any atom is 0.251 e. The van der Waals surface area contributed by atoms with Crippen molar-refractivity contribution in [1.82, 2.24) is 5.32 Å². The van der Waals surface area contributed by atoms with Gasteiger partial charge in [-0.25, -0.2) is 0 Å². The molecule has 3 fully saturated rings. The lowest BCUT2D eigenvalue weighted by atomic mass is 9.45. The molecule has 2 bridgehead atoms. The van der Waals surface area contributed by atoms with Crippen LogP contribution in [-0.4, -0.2) is 11.9 Å². The second kappa shape index (κ2) is 4.36. The second-order valence-corrected chi connectivity index (χ2v) is 6.90. The molecule has 0 spiro atoms. The monoisotopic (exact) mass is 257 g/mol. The van der Waals surface area contributed by atoms with Crippen LogP contribution in [0, 0.1) is 23.2 Å². The molecule has 0 saturated heterocycles. The summed E-state index contributed by atoms with van der Waals surface area (Å²) in [5.74, 6) is 2.23. The van der Waals surface area contributed by atoms with Gasteiger partial charge in [0.2, 0.25) is 0 Å². The Morgan fingerprint density at radius 2 is 1.89 bits per heavy atom. The molecular weight excluding hydrogens is 234 g/mol. The first-order valence-corrected chi connectivity index (χ1v) is 7.36. The largest absolute Gasteiger partial charge is 0.349 e. The highest BCUT2D eigenvalue weighted by atomic mass is 16.1. The first-order valence-electron chi connectivity index (χ1n) is 7.36. The minimum atomic E-state index is 0.0801. The van der Waals surface area contributed by atoms with Crippen LogP contribution in [0.1, 0.15) is 44.0 Å². The van der Waals surface area contributed by atoms with Crippen LogP contribution in [0.5, 0.6) is 0 Å². The summed E-state index contributed by atoms with van der Waals surface area (Å²) < 4.78 is 0. The van der Waals surface area contributed by atoms with Crippen LogP contribution < -0.4 is 5.32 Å². The minimum absolute atomic E-state index is 0.0801. The molecule has 4 atom stereocenters. The predicted octanol–water partition coefficient (Wildman–Crippen LogP) is 3.49. The van der Waals surface area contributed by atoms with Gasteiger partial charge in [-0.2, -0.15) is 0 Å². The average Bonchev–Trinajstić information content (AvgIpc) is 2.41. The number of carbonyl (C=O) groups is 1. The van der Waals surface area contributed by atoms with Crippen LogP contribution >= 0.6 is 0 Å². The van der Waals surface area contributed by atoms with E-state index in [1.807, 2.05) is 30.3 Å². The average molecular weight is 257 g/mol. The normalized spacial score (nSPS) is 35.3. The molecule has 3 aliphatic rings. The third kappa shape index (κ3) is 1.98. The van der Waals surface area contributed by atoms with Crippen LogP contribution in [0.25, 0.3) is 0 Å². The molecule has 0 aliphatic heterocycles. The summed E-state index contributed by atoms with van der Waals surface area (Å²) in [6, 6.07) is 9.89. The quantitative estimate of drug-likeness (QED) is 0.863. The predicted molar refractivity (Wildman–Crippen MR) is 76.9 cm³/mol. The highest BCUT2D eigenvalue weighted by molar-refractivity contribution is 5.94. The van der Waals surface area contributed by atoms with Crippen LogP contribution in [0.2, 0.25) is 0 Å². The fourth-order valence-electron chi connectivity index (χ4n) is 4.18. The molecule has 0 aromatic heterocycles. The van der Waals surface area contributed by atoms with Crippen molar-refractivity contribution >= 4 is 5.91 Å². The van der Waals surface area contributed by atoms with E-state index in [4.69, 9.17) is 0 Å². The summed E-state index contributed by atoms with van der Waals surface area (Å²) in [4.78, 5) is 12.2. The lowest BCUT2D eigenvalue weighted by Crippen LogP contribution is -2.60. The van der Waals surface area contributed by atoms with E-state index in [-0.39, 0.29) is 5.91 Å². The molecule has 2 heteroatoms. The van der Waals surface area contributed by atoms with Gasteiger partial charge in [-0.3, -0.25) is 4.79 Å². The van der Waals surface area contributed by atoms with Crippen molar-refractivity contribution in [3.63, 3.8) is 0 Å². The number of hydrogen-bond donors (Lipinski definition) is 1. The fraction of sp³-hybridized carbons (Fsp3) is 0.588. The number of benzene rings is 1.